The molecule has 4 aromatic rings. The molecule has 0 atom stereocenters. The Morgan fingerprint density at radius 3 is 2.57 bits per heavy atom. The Labute approximate surface area is 203 Å². The number of aromatic nitrogens is 5. The van der Waals surface area contributed by atoms with Gasteiger partial charge in [-0.3, -0.25) is 4.79 Å². The Morgan fingerprint density at radius 2 is 1.91 bits per heavy atom. The molecule has 1 fully saturated rings. The van der Waals surface area contributed by atoms with Crippen LogP contribution in [0.5, 0.6) is 0 Å². The molecule has 12 heteroatoms. The van der Waals surface area contributed by atoms with Crippen molar-refractivity contribution in [3.63, 3.8) is 0 Å². The zero-order chi connectivity index (χ0) is 24.9. The van der Waals surface area contributed by atoms with Gasteiger partial charge < -0.3 is 15.6 Å². The van der Waals surface area contributed by atoms with Crippen LogP contribution in [0.3, 0.4) is 0 Å². The molecule has 4 heterocycles. The monoisotopic (exact) mass is 496 g/mol. The van der Waals surface area contributed by atoms with Gasteiger partial charge in [0, 0.05) is 43.7 Å². The van der Waals surface area contributed by atoms with Crippen molar-refractivity contribution in [3.8, 4) is 11.4 Å². The number of hydrogen-bond acceptors (Lipinski definition) is 7. The van der Waals surface area contributed by atoms with Crippen molar-refractivity contribution >= 4 is 43.7 Å². The third kappa shape index (κ3) is 3.92. The highest BCUT2D eigenvalue weighted by molar-refractivity contribution is 7.88. The predicted octanol–water partition coefficient (Wildman–Crippen LogP) is 2.28. The first kappa shape index (κ1) is 23.2. The molecule has 0 bridgehead atoms. The summed E-state index contributed by atoms with van der Waals surface area (Å²) < 4.78 is 27.4. The van der Waals surface area contributed by atoms with E-state index >= 15 is 0 Å². The number of aromatic amines is 1. The van der Waals surface area contributed by atoms with E-state index in [1.807, 2.05) is 23.7 Å². The lowest BCUT2D eigenvalue weighted by atomic mass is 10.1. The molecule has 3 aromatic heterocycles. The van der Waals surface area contributed by atoms with Crippen molar-refractivity contribution in [3.05, 3.63) is 35.7 Å². The molecule has 1 aromatic carbocycles. The van der Waals surface area contributed by atoms with E-state index < -0.39 is 10.0 Å². The van der Waals surface area contributed by atoms with E-state index in [-0.39, 0.29) is 11.9 Å². The number of carbonyl (C=O) groups excluding carboxylic acids is 1. The van der Waals surface area contributed by atoms with Crippen LogP contribution in [0.2, 0.25) is 0 Å². The average Bonchev–Trinajstić information content (AvgIpc) is 3.40. The minimum atomic E-state index is -3.22. The fourth-order valence-electron chi connectivity index (χ4n) is 4.87. The SMILES string of the molecule is CNC(=O)c1ccc2c(C)c(-c3nn(C4CCN(S(C)(=O)=O)CC4)c4ncnc(NC)c34)[nH]c2c1. The van der Waals surface area contributed by atoms with E-state index in [2.05, 4.69) is 25.6 Å². The summed E-state index contributed by atoms with van der Waals surface area (Å²) in [6, 6.07) is 5.58. The van der Waals surface area contributed by atoms with E-state index in [1.54, 1.807) is 20.2 Å². The molecule has 0 radical (unpaired) electrons. The molecular formula is C23H28N8O3S. The molecule has 5 rings (SSSR count). The number of H-pyrrole nitrogens is 1. The minimum absolute atomic E-state index is 0.00777. The van der Waals surface area contributed by atoms with Gasteiger partial charge in [-0.2, -0.15) is 5.10 Å². The summed E-state index contributed by atoms with van der Waals surface area (Å²) in [6.45, 7) is 2.90. The van der Waals surface area contributed by atoms with Gasteiger partial charge in [-0.25, -0.2) is 27.4 Å². The van der Waals surface area contributed by atoms with Crippen LogP contribution in [-0.2, 0) is 10.0 Å². The van der Waals surface area contributed by atoms with Crippen molar-refractivity contribution in [2.45, 2.75) is 25.8 Å². The number of sulfonamides is 1. The predicted molar refractivity (Wildman–Crippen MR) is 135 cm³/mol. The number of rotatable bonds is 5. The molecule has 11 nitrogen and oxygen atoms in total. The van der Waals surface area contributed by atoms with Crippen LogP contribution < -0.4 is 10.6 Å². The average molecular weight is 497 g/mol. The molecule has 35 heavy (non-hydrogen) atoms. The van der Waals surface area contributed by atoms with Crippen molar-refractivity contribution < 1.29 is 13.2 Å². The zero-order valence-electron chi connectivity index (χ0n) is 20.1. The normalized spacial score (nSPS) is 15.7. The quantitative estimate of drug-likeness (QED) is 0.385. The number of fused-ring (bicyclic) bond motifs is 2. The molecule has 0 unspecified atom stereocenters. The molecule has 184 valence electrons. The van der Waals surface area contributed by atoms with Crippen molar-refractivity contribution in [2.24, 2.45) is 0 Å². The van der Waals surface area contributed by atoms with Crippen LogP contribution in [-0.4, -0.2) is 76.8 Å². The molecule has 1 aliphatic heterocycles. The highest BCUT2D eigenvalue weighted by Crippen LogP contribution is 2.38. The Morgan fingerprint density at radius 1 is 1.17 bits per heavy atom. The molecule has 1 aliphatic rings. The Bertz CT molecular complexity index is 1550. The van der Waals surface area contributed by atoms with Gasteiger partial charge in [0.2, 0.25) is 10.0 Å². The molecule has 3 N–H and O–H groups in total. The van der Waals surface area contributed by atoms with Crippen LogP contribution in [0.1, 0.15) is 34.8 Å². The third-order valence-corrected chi connectivity index (χ3v) is 8.05. The van der Waals surface area contributed by atoms with E-state index in [9.17, 15) is 13.2 Å². The summed E-state index contributed by atoms with van der Waals surface area (Å²) in [7, 11) is 0.194. The van der Waals surface area contributed by atoms with Gasteiger partial charge in [0.05, 0.1) is 23.4 Å². The first-order valence-corrected chi connectivity index (χ1v) is 13.3. The Balaban J connectivity index is 1.64. The van der Waals surface area contributed by atoms with Gasteiger partial charge in [-0.05, 0) is 37.5 Å². The largest absolute Gasteiger partial charge is 0.372 e. The van der Waals surface area contributed by atoms with E-state index in [1.165, 1.54) is 16.9 Å². The maximum absolute atomic E-state index is 12.1. The summed E-state index contributed by atoms with van der Waals surface area (Å²) in [5, 5.41) is 12.6. The number of hydrogen-bond donors (Lipinski definition) is 3. The highest BCUT2D eigenvalue weighted by atomic mass is 32.2. The summed E-state index contributed by atoms with van der Waals surface area (Å²) in [6.07, 6.45) is 4.04. The van der Waals surface area contributed by atoms with Crippen LogP contribution in [0.25, 0.3) is 33.3 Å². The number of amides is 1. The van der Waals surface area contributed by atoms with Gasteiger partial charge in [0.25, 0.3) is 5.91 Å². The zero-order valence-corrected chi connectivity index (χ0v) is 20.9. The second-order valence-corrected chi connectivity index (χ2v) is 10.8. The maximum Gasteiger partial charge on any atom is 0.251 e. The van der Waals surface area contributed by atoms with E-state index in [0.29, 0.717) is 48.7 Å². The first-order chi connectivity index (χ1) is 16.7. The number of carbonyl (C=O) groups is 1. The topological polar surface area (TPSA) is 138 Å². The van der Waals surface area contributed by atoms with Gasteiger partial charge in [0.1, 0.15) is 17.8 Å². The van der Waals surface area contributed by atoms with E-state index in [4.69, 9.17) is 5.10 Å². The summed E-state index contributed by atoms with van der Waals surface area (Å²) in [4.78, 5) is 24.6. The number of anilines is 1. The van der Waals surface area contributed by atoms with Crippen LogP contribution in [0, 0.1) is 6.92 Å². The molecule has 0 spiro atoms. The molecule has 1 amide bonds. The Hall–Kier alpha value is -3.51. The smallest absolute Gasteiger partial charge is 0.251 e. The van der Waals surface area contributed by atoms with Crippen LogP contribution >= 0.6 is 0 Å². The summed E-state index contributed by atoms with van der Waals surface area (Å²) >= 11 is 0. The van der Waals surface area contributed by atoms with Gasteiger partial charge >= 0.3 is 0 Å². The second kappa shape index (κ2) is 8.61. The van der Waals surface area contributed by atoms with Gasteiger partial charge in [-0.1, -0.05) is 6.07 Å². The van der Waals surface area contributed by atoms with E-state index in [0.717, 1.165) is 27.5 Å². The molecule has 0 saturated carbocycles. The lowest BCUT2D eigenvalue weighted by Crippen LogP contribution is -2.38. The van der Waals surface area contributed by atoms with Crippen molar-refractivity contribution in [1.29, 1.82) is 0 Å². The number of piperidine rings is 1. The number of benzene rings is 1. The fraction of sp³-hybridized carbons (Fsp3) is 0.391. The highest BCUT2D eigenvalue weighted by Gasteiger charge is 2.30. The number of nitrogens with one attached hydrogen (secondary N) is 3. The summed E-state index contributed by atoms with van der Waals surface area (Å²) in [5.74, 6) is 0.510. The summed E-state index contributed by atoms with van der Waals surface area (Å²) in [5.41, 5.74) is 4.66. The van der Waals surface area contributed by atoms with Crippen molar-refractivity contribution in [1.82, 2.24) is 34.4 Å². The molecule has 1 saturated heterocycles. The van der Waals surface area contributed by atoms with Crippen molar-refractivity contribution in [2.75, 3.05) is 38.8 Å². The third-order valence-electron chi connectivity index (χ3n) is 6.75. The lowest BCUT2D eigenvalue weighted by Gasteiger charge is -2.30. The van der Waals surface area contributed by atoms with Gasteiger partial charge in [-0.15, -0.1) is 0 Å². The van der Waals surface area contributed by atoms with Crippen LogP contribution in [0.15, 0.2) is 24.5 Å². The number of nitrogens with zero attached hydrogens (tertiary/aromatic N) is 5. The molecular weight excluding hydrogens is 468 g/mol. The lowest BCUT2D eigenvalue weighted by molar-refractivity contribution is 0.0963. The first-order valence-electron chi connectivity index (χ1n) is 11.4. The maximum atomic E-state index is 12.1. The standard InChI is InChI=1S/C23H28N8O3S/c1-13-16-6-5-14(23(32)25-3)11-17(16)28-19(13)20-18-21(24-2)26-12-27-22(18)31(29-20)15-7-9-30(10-8-15)35(4,33)34/h5-6,11-12,15,28H,7-10H2,1-4H3,(H,25,32)(H,24,26,27). The second-order valence-electron chi connectivity index (χ2n) is 8.82. The molecule has 0 aliphatic carbocycles. The fourth-order valence-corrected chi connectivity index (χ4v) is 5.74. The Kier molecular flexibility index (Phi) is 5.72. The van der Waals surface area contributed by atoms with Crippen LogP contribution in [0.4, 0.5) is 5.82 Å². The minimum Gasteiger partial charge on any atom is -0.372 e. The number of aryl methyl sites for hydroxylation is 1. The van der Waals surface area contributed by atoms with Gasteiger partial charge in [0.15, 0.2) is 5.65 Å².